The van der Waals surface area contributed by atoms with Crippen LogP contribution in [0.15, 0.2) is 36.9 Å². The summed E-state index contributed by atoms with van der Waals surface area (Å²) in [6.45, 7) is 0. The topological polar surface area (TPSA) is 46.5 Å². The molecule has 0 atom stereocenters. The van der Waals surface area contributed by atoms with Crippen molar-refractivity contribution in [2.24, 2.45) is 7.05 Å². The van der Waals surface area contributed by atoms with Gasteiger partial charge in [0.2, 0.25) is 0 Å². The molecule has 0 amide bonds. The van der Waals surface area contributed by atoms with E-state index in [1.165, 1.54) is 11.3 Å². The van der Waals surface area contributed by atoms with E-state index < -0.39 is 0 Å². The zero-order valence-electron chi connectivity index (χ0n) is 9.25. The average Bonchev–Trinajstić information content (AvgIpc) is 2.86. The molecule has 0 aliphatic rings. The zero-order chi connectivity index (χ0) is 11.1. The van der Waals surface area contributed by atoms with Gasteiger partial charge >= 0.3 is 0 Å². The number of nitrogens with zero attached hydrogens (tertiary/aromatic N) is 3. The fourth-order valence-corrected chi connectivity index (χ4v) is 1.64. The maximum absolute atomic E-state index is 7.56. The summed E-state index contributed by atoms with van der Waals surface area (Å²) in [5.74, 6) is 0. The molecule has 2 aromatic heterocycles. The fraction of sp³-hybridized carbons (Fsp3) is 0.0909. The van der Waals surface area contributed by atoms with Gasteiger partial charge in [-0.2, -0.15) is 5.10 Å². The average molecular weight is 199 g/mol. The highest BCUT2D eigenvalue weighted by molar-refractivity contribution is 5.81. The normalized spacial score (nSPS) is 11.9. The largest absolute Gasteiger partial charge is 0.345 e. The molecule has 0 saturated heterocycles. The summed E-state index contributed by atoms with van der Waals surface area (Å²) in [4.78, 5) is 5.43. The molecule has 0 unspecified atom stereocenters. The lowest BCUT2D eigenvalue weighted by molar-refractivity contribution is 0.768. The molecule has 0 radical (unpaired) electrons. The molecule has 3 aromatic rings. The van der Waals surface area contributed by atoms with Gasteiger partial charge < -0.3 is 4.98 Å². The van der Waals surface area contributed by atoms with Crippen molar-refractivity contribution in [1.82, 2.24) is 19.7 Å². The van der Waals surface area contributed by atoms with E-state index in [2.05, 4.69) is 10.1 Å². The minimum absolute atomic E-state index is 0.813. The Kier molecular flexibility index (Phi) is 1.42. The van der Waals surface area contributed by atoms with E-state index in [1.807, 2.05) is 37.6 Å². The lowest BCUT2D eigenvalue weighted by Crippen LogP contribution is -1.84. The fourth-order valence-electron chi connectivity index (χ4n) is 1.64. The quantitative estimate of drug-likeness (QED) is 0.651. The maximum Gasteiger partial charge on any atom is 0.168 e. The molecule has 1 N–H and O–H groups in total. The number of nitrogens with one attached hydrogen (secondary N) is 1. The first-order chi connectivity index (χ1) is 7.74. The summed E-state index contributed by atoms with van der Waals surface area (Å²) in [7, 11) is 1.89. The van der Waals surface area contributed by atoms with E-state index in [0.717, 1.165) is 22.2 Å². The van der Waals surface area contributed by atoms with E-state index in [1.54, 1.807) is 4.68 Å². The van der Waals surface area contributed by atoms with Crippen molar-refractivity contribution < 1.29 is 1.41 Å². The SMILES string of the molecule is [2H]n1cnc2cc(-c3cnn(C)c3)ccc21. The van der Waals surface area contributed by atoms with Crippen LogP contribution in [0.3, 0.4) is 0 Å². The summed E-state index contributed by atoms with van der Waals surface area (Å²) in [6.07, 6.45) is 5.27. The Balaban J connectivity index is 2.18. The number of rotatable bonds is 1. The van der Waals surface area contributed by atoms with Gasteiger partial charge in [-0.3, -0.25) is 4.68 Å². The second-order valence-corrected chi connectivity index (χ2v) is 3.48. The Morgan fingerprint density at radius 3 is 3.13 bits per heavy atom. The number of aromatic amines is 1. The van der Waals surface area contributed by atoms with Gasteiger partial charge in [0, 0.05) is 18.8 Å². The van der Waals surface area contributed by atoms with Crippen molar-refractivity contribution in [3.8, 4) is 11.1 Å². The minimum Gasteiger partial charge on any atom is -0.345 e. The standard InChI is InChI=1S/C11H10N4/c1-15-6-9(5-14-15)8-2-3-10-11(4-8)13-7-12-10/h2-7H,1H3,(H,12,13)/i/hD. The summed E-state index contributed by atoms with van der Waals surface area (Å²) in [5.41, 5.74) is 3.77. The van der Waals surface area contributed by atoms with Crippen LogP contribution in [0.25, 0.3) is 22.2 Å². The Labute approximate surface area is 88.0 Å². The number of benzene rings is 1. The molecule has 0 bridgehead atoms. The van der Waals surface area contributed by atoms with Crippen LogP contribution in [-0.4, -0.2) is 19.7 Å². The maximum atomic E-state index is 7.56. The van der Waals surface area contributed by atoms with E-state index in [4.69, 9.17) is 1.41 Å². The molecular formula is C11H10N4. The molecular weight excluding hydrogens is 188 g/mol. The summed E-state index contributed by atoms with van der Waals surface area (Å²) in [6, 6.07) is 5.85. The Morgan fingerprint density at radius 1 is 1.40 bits per heavy atom. The minimum atomic E-state index is 0.813. The third kappa shape index (κ3) is 1.30. The zero-order valence-corrected chi connectivity index (χ0v) is 8.25. The van der Waals surface area contributed by atoms with Gasteiger partial charge in [0.1, 0.15) is 0 Å². The molecule has 4 nitrogen and oxygen atoms in total. The van der Waals surface area contributed by atoms with E-state index in [0.29, 0.717) is 0 Å². The van der Waals surface area contributed by atoms with Crippen molar-refractivity contribution in [2.45, 2.75) is 0 Å². The summed E-state index contributed by atoms with van der Waals surface area (Å²) >= 11 is 0. The Hall–Kier alpha value is -2.10. The van der Waals surface area contributed by atoms with Crippen LogP contribution in [0.4, 0.5) is 0 Å². The lowest BCUT2D eigenvalue weighted by Gasteiger charge is -1.96. The van der Waals surface area contributed by atoms with E-state index in [9.17, 15) is 0 Å². The van der Waals surface area contributed by atoms with Crippen molar-refractivity contribution in [3.05, 3.63) is 36.9 Å². The summed E-state index contributed by atoms with van der Waals surface area (Å²) in [5, 5.41) is 4.13. The van der Waals surface area contributed by atoms with Gasteiger partial charge in [-0.25, -0.2) is 4.98 Å². The molecule has 15 heavy (non-hydrogen) atoms. The monoisotopic (exact) mass is 199 g/mol. The smallest absolute Gasteiger partial charge is 0.168 e. The molecule has 2 heterocycles. The molecule has 0 aliphatic carbocycles. The van der Waals surface area contributed by atoms with Crippen molar-refractivity contribution in [2.75, 3.05) is 0 Å². The first kappa shape index (κ1) is 7.23. The number of H-pyrrole nitrogens is 1. The number of imidazole rings is 1. The van der Waals surface area contributed by atoms with Gasteiger partial charge in [0.05, 0.1) is 23.6 Å². The Bertz CT molecular complexity index is 653. The van der Waals surface area contributed by atoms with Crippen LogP contribution < -0.4 is 0 Å². The molecule has 0 saturated carbocycles. The molecule has 0 fully saturated rings. The molecule has 4 heteroatoms. The number of aryl methyl sites for hydroxylation is 1. The lowest BCUT2D eigenvalue weighted by atomic mass is 10.1. The van der Waals surface area contributed by atoms with Gasteiger partial charge in [-0.05, 0) is 17.7 Å². The molecule has 1 aromatic carbocycles. The van der Waals surface area contributed by atoms with Crippen LogP contribution in [-0.2, 0) is 7.05 Å². The summed E-state index contributed by atoms with van der Waals surface area (Å²) < 4.78 is 9.33. The third-order valence-corrected chi connectivity index (χ3v) is 2.41. The van der Waals surface area contributed by atoms with Crippen molar-refractivity contribution in [3.63, 3.8) is 0 Å². The van der Waals surface area contributed by atoms with Crippen LogP contribution in [0.5, 0.6) is 0 Å². The molecule has 74 valence electrons. The van der Waals surface area contributed by atoms with Gasteiger partial charge in [0.25, 0.3) is 0 Å². The van der Waals surface area contributed by atoms with Crippen LogP contribution in [0.2, 0.25) is 1.41 Å². The second kappa shape index (κ2) is 2.95. The predicted molar refractivity (Wildman–Crippen MR) is 58.3 cm³/mol. The molecule has 0 spiro atoms. The van der Waals surface area contributed by atoms with Gasteiger partial charge in [0.15, 0.2) is 1.41 Å². The third-order valence-electron chi connectivity index (χ3n) is 2.41. The first-order valence-electron chi connectivity index (χ1n) is 5.14. The van der Waals surface area contributed by atoms with Crippen molar-refractivity contribution in [1.29, 1.82) is 0 Å². The number of hydrogen-bond donors (Lipinski definition) is 1. The van der Waals surface area contributed by atoms with Crippen LogP contribution in [0.1, 0.15) is 0 Å². The highest BCUT2D eigenvalue weighted by Crippen LogP contribution is 2.21. The van der Waals surface area contributed by atoms with Gasteiger partial charge in [-0.15, -0.1) is 0 Å². The number of hydrogen-bond acceptors (Lipinski definition) is 2. The highest BCUT2D eigenvalue weighted by Gasteiger charge is 2.02. The van der Waals surface area contributed by atoms with Crippen LogP contribution in [0, 0.1) is 0 Å². The van der Waals surface area contributed by atoms with E-state index >= 15 is 0 Å². The highest BCUT2D eigenvalue weighted by atomic mass is 15.2. The second-order valence-electron chi connectivity index (χ2n) is 3.48. The van der Waals surface area contributed by atoms with Gasteiger partial charge in [-0.1, -0.05) is 6.07 Å². The molecule has 0 aliphatic heterocycles. The number of fused-ring (bicyclic) bond motifs is 1. The van der Waals surface area contributed by atoms with Crippen molar-refractivity contribution >= 4 is 11.0 Å². The van der Waals surface area contributed by atoms with E-state index in [-0.39, 0.29) is 0 Å². The first-order valence-corrected chi connectivity index (χ1v) is 4.69. The molecule has 3 rings (SSSR count). The number of aromatic nitrogens is 4. The van der Waals surface area contributed by atoms with Crippen LogP contribution >= 0.6 is 0 Å². The Morgan fingerprint density at radius 2 is 2.33 bits per heavy atom. The predicted octanol–water partition coefficient (Wildman–Crippen LogP) is 1.96.